The van der Waals surface area contributed by atoms with E-state index in [0.29, 0.717) is 26.4 Å². The second-order valence-corrected chi connectivity index (χ2v) is 4.35. The van der Waals surface area contributed by atoms with E-state index in [0.717, 1.165) is 0 Å². The fourth-order valence-corrected chi connectivity index (χ4v) is 1.31. The first-order valence-corrected chi connectivity index (χ1v) is 6.22. The van der Waals surface area contributed by atoms with Gasteiger partial charge in [0.2, 0.25) is 11.8 Å². The molecule has 0 spiro atoms. The second kappa shape index (κ2) is 10.7. The normalized spacial score (nSPS) is 12.4. The van der Waals surface area contributed by atoms with Crippen LogP contribution >= 0.6 is 0 Å². The summed E-state index contributed by atoms with van der Waals surface area (Å²) in [5.74, 6) is -0.973. The standard InChI is InChI=1S/C12H24N2O5/c1-9(2)11(12(13)16)14-10(15)8-19-7-6-18-5-4-17-3/h9,11H,4-8H2,1-3H3,(H2,13,16)(H,14,15). The number of carbonyl (C=O) groups is 2. The average molecular weight is 276 g/mol. The van der Waals surface area contributed by atoms with Crippen molar-refractivity contribution >= 4 is 11.8 Å². The monoisotopic (exact) mass is 276 g/mol. The van der Waals surface area contributed by atoms with Crippen LogP contribution in [0.3, 0.4) is 0 Å². The molecule has 0 aliphatic heterocycles. The number of nitrogens with two attached hydrogens (primary N) is 1. The molecule has 0 saturated heterocycles. The Balaban J connectivity index is 3.66. The van der Waals surface area contributed by atoms with E-state index in [2.05, 4.69) is 5.32 Å². The third kappa shape index (κ3) is 9.40. The molecule has 112 valence electrons. The SMILES string of the molecule is COCCOCCOCC(=O)NC(C(N)=O)C(C)C. The molecule has 2 amide bonds. The second-order valence-electron chi connectivity index (χ2n) is 4.35. The lowest BCUT2D eigenvalue weighted by molar-refractivity contribution is -0.131. The predicted octanol–water partition coefficient (Wildman–Crippen LogP) is -0.708. The number of amides is 2. The molecule has 0 aromatic heterocycles. The van der Waals surface area contributed by atoms with Gasteiger partial charge in [0.05, 0.1) is 26.4 Å². The molecule has 0 fully saturated rings. The Morgan fingerprint density at radius 3 is 2.21 bits per heavy atom. The lowest BCUT2D eigenvalue weighted by Crippen LogP contribution is -2.48. The van der Waals surface area contributed by atoms with Crippen LogP contribution in [0.1, 0.15) is 13.8 Å². The van der Waals surface area contributed by atoms with Crippen LogP contribution in [0.2, 0.25) is 0 Å². The lowest BCUT2D eigenvalue weighted by atomic mass is 10.0. The molecule has 7 nitrogen and oxygen atoms in total. The summed E-state index contributed by atoms with van der Waals surface area (Å²) in [7, 11) is 1.59. The molecule has 1 atom stereocenters. The van der Waals surface area contributed by atoms with Gasteiger partial charge in [-0.05, 0) is 5.92 Å². The molecule has 0 rings (SSSR count). The maximum absolute atomic E-state index is 11.5. The molecule has 1 unspecified atom stereocenters. The first-order valence-electron chi connectivity index (χ1n) is 6.22. The number of methoxy groups -OCH3 is 1. The van der Waals surface area contributed by atoms with E-state index in [-0.39, 0.29) is 18.4 Å². The van der Waals surface area contributed by atoms with Gasteiger partial charge in [0, 0.05) is 7.11 Å². The van der Waals surface area contributed by atoms with Crippen molar-refractivity contribution in [3.63, 3.8) is 0 Å². The fraction of sp³-hybridized carbons (Fsp3) is 0.833. The van der Waals surface area contributed by atoms with Crippen LogP contribution < -0.4 is 11.1 Å². The largest absolute Gasteiger partial charge is 0.382 e. The summed E-state index contributed by atoms with van der Waals surface area (Å²) < 4.78 is 15.1. The van der Waals surface area contributed by atoms with E-state index in [4.69, 9.17) is 19.9 Å². The van der Waals surface area contributed by atoms with Crippen molar-refractivity contribution < 1.29 is 23.8 Å². The van der Waals surface area contributed by atoms with Gasteiger partial charge in [-0.1, -0.05) is 13.8 Å². The zero-order chi connectivity index (χ0) is 14.7. The van der Waals surface area contributed by atoms with Crippen molar-refractivity contribution in [2.45, 2.75) is 19.9 Å². The number of carbonyl (C=O) groups excluding carboxylic acids is 2. The minimum atomic E-state index is -0.672. The zero-order valence-corrected chi connectivity index (χ0v) is 11.8. The smallest absolute Gasteiger partial charge is 0.246 e. The highest BCUT2D eigenvalue weighted by atomic mass is 16.5. The molecule has 0 aliphatic rings. The van der Waals surface area contributed by atoms with Crippen LogP contribution in [0, 0.1) is 5.92 Å². The topological polar surface area (TPSA) is 99.9 Å². The van der Waals surface area contributed by atoms with Crippen LogP contribution in [-0.4, -0.2) is 58.0 Å². The Labute approximate surface area is 113 Å². The van der Waals surface area contributed by atoms with Crippen LogP contribution in [0.25, 0.3) is 0 Å². The highest BCUT2D eigenvalue weighted by Gasteiger charge is 2.21. The number of hydrogen-bond donors (Lipinski definition) is 2. The van der Waals surface area contributed by atoms with Gasteiger partial charge >= 0.3 is 0 Å². The van der Waals surface area contributed by atoms with Crippen LogP contribution in [0.4, 0.5) is 0 Å². The summed E-state index contributed by atoms with van der Waals surface area (Å²) >= 11 is 0. The lowest BCUT2D eigenvalue weighted by Gasteiger charge is -2.18. The maximum atomic E-state index is 11.5. The molecule has 0 heterocycles. The summed E-state index contributed by atoms with van der Waals surface area (Å²) in [6.07, 6.45) is 0. The average Bonchev–Trinajstić information content (AvgIpc) is 2.34. The Kier molecular flexibility index (Phi) is 10.1. The number of primary amides is 1. The van der Waals surface area contributed by atoms with Crippen molar-refractivity contribution in [2.24, 2.45) is 11.7 Å². The summed E-state index contributed by atoms with van der Waals surface area (Å²) in [4.78, 5) is 22.6. The van der Waals surface area contributed by atoms with Crippen molar-refractivity contribution in [1.82, 2.24) is 5.32 Å². The van der Waals surface area contributed by atoms with Gasteiger partial charge in [0.1, 0.15) is 12.6 Å². The minimum Gasteiger partial charge on any atom is -0.382 e. The highest BCUT2D eigenvalue weighted by Crippen LogP contribution is 2.00. The number of ether oxygens (including phenoxy) is 3. The van der Waals surface area contributed by atoms with Crippen molar-refractivity contribution in [2.75, 3.05) is 40.1 Å². The summed E-state index contributed by atoms with van der Waals surface area (Å²) in [6, 6.07) is -0.672. The number of hydrogen-bond acceptors (Lipinski definition) is 5. The van der Waals surface area contributed by atoms with Crippen LogP contribution in [0.15, 0.2) is 0 Å². The molecule has 0 aromatic carbocycles. The van der Waals surface area contributed by atoms with Gasteiger partial charge in [-0.25, -0.2) is 0 Å². The molecule has 0 bridgehead atoms. The fourth-order valence-electron chi connectivity index (χ4n) is 1.31. The van der Waals surface area contributed by atoms with E-state index < -0.39 is 11.9 Å². The van der Waals surface area contributed by atoms with Crippen molar-refractivity contribution in [1.29, 1.82) is 0 Å². The van der Waals surface area contributed by atoms with E-state index in [1.54, 1.807) is 21.0 Å². The molecule has 0 saturated carbocycles. The molecule has 0 radical (unpaired) electrons. The minimum absolute atomic E-state index is 0.0566. The number of nitrogens with one attached hydrogen (secondary N) is 1. The van der Waals surface area contributed by atoms with Crippen LogP contribution in [-0.2, 0) is 23.8 Å². The van der Waals surface area contributed by atoms with Gasteiger partial charge in [0.25, 0.3) is 0 Å². The molecular formula is C12H24N2O5. The Morgan fingerprint density at radius 2 is 1.68 bits per heavy atom. The summed E-state index contributed by atoms with van der Waals surface area (Å²) in [5, 5.41) is 2.53. The third-order valence-electron chi connectivity index (χ3n) is 2.33. The zero-order valence-electron chi connectivity index (χ0n) is 11.8. The maximum Gasteiger partial charge on any atom is 0.246 e. The van der Waals surface area contributed by atoms with Crippen LogP contribution in [0.5, 0.6) is 0 Å². The van der Waals surface area contributed by atoms with E-state index in [1.807, 2.05) is 0 Å². The molecular weight excluding hydrogens is 252 g/mol. The molecule has 0 aliphatic carbocycles. The highest BCUT2D eigenvalue weighted by molar-refractivity contribution is 5.87. The Hall–Kier alpha value is -1.18. The summed E-state index contributed by atoms with van der Waals surface area (Å²) in [6.45, 7) is 5.20. The van der Waals surface area contributed by atoms with E-state index in [1.165, 1.54) is 0 Å². The first kappa shape index (κ1) is 17.8. The quantitative estimate of drug-likeness (QED) is 0.486. The van der Waals surface area contributed by atoms with Gasteiger partial charge in [-0.2, -0.15) is 0 Å². The van der Waals surface area contributed by atoms with Gasteiger partial charge < -0.3 is 25.3 Å². The molecule has 3 N–H and O–H groups in total. The van der Waals surface area contributed by atoms with E-state index >= 15 is 0 Å². The Bertz CT molecular complexity index is 271. The predicted molar refractivity (Wildman–Crippen MR) is 69.5 cm³/mol. The first-order chi connectivity index (χ1) is 8.99. The van der Waals surface area contributed by atoms with Crippen molar-refractivity contribution in [3.05, 3.63) is 0 Å². The van der Waals surface area contributed by atoms with Crippen molar-refractivity contribution in [3.8, 4) is 0 Å². The summed E-state index contributed by atoms with van der Waals surface area (Å²) in [5.41, 5.74) is 5.18. The Morgan fingerprint density at radius 1 is 1.11 bits per heavy atom. The van der Waals surface area contributed by atoms with Gasteiger partial charge in [-0.15, -0.1) is 0 Å². The molecule has 0 aromatic rings. The third-order valence-corrected chi connectivity index (χ3v) is 2.33. The van der Waals surface area contributed by atoms with Gasteiger partial charge in [0.15, 0.2) is 0 Å². The van der Waals surface area contributed by atoms with Gasteiger partial charge in [-0.3, -0.25) is 9.59 Å². The molecule has 7 heteroatoms. The van der Waals surface area contributed by atoms with E-state index in [9.17, 15) is 9.59 Å². The number of rotatable bonds is 11. The molecule has 19 heavy (non-hydrogen) atoms.